The Balaban J connectivity index is 3.75. The summed E-state index contributed by atoms with van der Waals surface area (Å²) in [4.78, 5) is 32.6. The normalized spacial score (nSPS) is 11.6. The van der Waals surface area contributed by atoms with E-state index in [1.54, 1.807) is 0 Å². The number of nitrogens with one attached hydrogen (secondary N) is 2. The Kier molecular flexibility index (Phi) is 7.70. The zero-order chi connectivity index (χ0) is 13.3. The summed E-state index contributed by atoms with van der Waals surface area (Å²) >= 11 is 0. The lowest BCUT2D eigenvalue weighted by molar-refractivity contribution is -0.137. The average Bonchev–Trinajstić information content (AvgIpc) is 2.30. The molecule has 0 spiro atoms. The average molecular weight is 245 g/mol. The van der Waals surface area contributed by atoms with E-state index < -0.39 is 30.4 Å². The quantitative estimate of drug-likeness (QED) is 0.429. The van der Waals surface area contributed by atoms with Crippen LogP contribution in [-0.4, -0.2) is 42.0 Å². The third kappa shape index (κ3) is 8.21. The van der Waals surface area contributed by atoms with Crippen molar-refractivity contribution in [2.45, 2.75) is 32.2 Å². The van der Waals surface area contributed by atoms with Crippen molar-refractivity contribution in [1.82, 2.24) is 10.6 Å². The third-order valence-electron chi connectivity index (χ3n) is 2.07. The molecule has 0 aromatic rings. The lowest BCUT2D eigenvalue weighted by Crippen LogP contribution is -2.45. The molecule has 98 valence electrons. The Labute approximate surface area is 99.7 Å². The molecule has 5 N–H and O–H groups in total. The van der Waals surface area contributed by atoms with Crippen LogP contribution in [0.3, 0.4) is 0 Å². The van der Waals surface area contributed by atoms with Crippen LogP contribution in [-0.2, 0) is 14.4 Å². The molecule has 2 amide bonds. The minimum atomic E-state index is -1.13. The summed E-state index contributed by atoms with van der Waals surface area (Å²) in [5.74, 6) is -2.09. The van der Waals surface area contributed by atoms with Gasteiger partial charge in [-0.25, -0.2) is 0 Å². The van der Waals surface area contributed by atoms with E-state index in [1.807, 2.05) is 6.92 Å². The van der Waals surface area contributed by atoms with Crippen LogP contribution in [0.2, 0.25) is 0 Å². The summed E-state index contributed by atoms with van der Waals surface area (Å²) in [6.07, 6.45) is 2.36. The zero-order valence-corrected chi connectivity index (χ0v) is 9.86. The van der Waals surface area contributed by atoms with Crippen molar-refractivity contribution < 1.29 is 19.5 Å². The van der Waals surface area contributed by atoms with E-state index in [0.29, 0.717) is 6.42 Å². The largest absolute Gasteiger partial charge is 0.480 e. The van der Waals surface area contributed by atoms with Crippen molar-refractivity contribution in [2.75, 3.05) is 13.1 Å². The van der Waals surface area contributed by atoms with Gasteiger partial charge in [0, 0.05) is 0 Å². The maximum absolute atomic E-state index is 11.4. The van der Waals surface area contributed by atoms with E-state index in [9.17, 15) is 14.4 Å². The van der Waals surface area contributed by atoms with Gasteiger partial charge in [-0.05, 0) is 6.42 Å². The second-order valence-electron chi connectivity index (χ2n) is 3.64. The van der Waals surface area contributed by atoms with Gasteiger partial charge in [-0.1, -0.05) is 19.8 Å². The third-order valence-corrected chi connectivity index (χ3v) is 2.07. The number of rotatable bonds is 8. The van der Waals surface area contributed by atoms with E-state index in [0.717, 1.165) is 12.8 Å². The Morgan fingerprint density at radius 1 is 1.24 bits per heavy atom. The van der Waals surface area contributed by atoms with Crippen molar-refractivity contribution in [2.24, 2.45) is 5.73 Å². The number of hydrogen-bond donors (Lipinski definition) is 4. The number of nitrogens with two attached hydrogens (primary N) is 1. The Morgan fingerprint density at radius 2 is 1.88 bits per heavy atom. The highest BCUT2D eigenvalue weighted by Gasteiger charge is 2.13. The van der Waals surface area contributed by atoms with Gasteiger partial charge in [-0.2, -0.15) is 0 Å². The first kappa shape index (κ1) is 15.4. The molecular weight excluding hydrogens is 226 g/mol. The van der Waals surface area contributed by atoms with Crippen LogP contribution >= 0.6 is 0 Å². The van der Waals surface area contributed by atoms with E-state index in [1.165, 1.54) is 0 Å². The lowest BCUT2D eigenvalue weighted by atomic mass is 10.1. The smallest absolute Gasteiger partial charge is 0.322 e. The molecule has 0 aliphatic rings. The number of carboxylic acids is 1. The summed E-state index contributed by atoms with van der Waals surface area (Å²) in [6, 6.07) is -0.623. The topological polar surface area (TPSA) is 122 Å². The summed E-state index contributed by atoms with van der Waals surface area (Å²) in [6.45, 7) is 1.27. The summed E-state index contributed by atoms with van der Waals surface area (Å²) in [5.41, 5.74) is 5.57. The number of carbonyl (C=O) groups excluding carboxylic acids is 2. The van der Waals surface area contributed by atoms with Crippen LogP contribution in [0.15, 0.2) is 0 Å². The molecule has 7 nitrogen and oxygen atoms in total. The minimum absolute atomic E-state index is 0.258. The van der Waals surface area contributed by atoms with Crippen molar-refractivity contribution in [3.05, 3.63) is 0 Å². The maximum Gasteiger partial charge on any atom is 0.322 e. The molecule has 0 bridgehead atoms. The molecule has 0 aliphatic carbocycles. The fourth-order valence-electron chi connectivity index (χ4n) is 1.09. The van der Waals surface area contributed by atoms with Crippen LogP contribution in [0, 0.1) is 0 Å². The molecule has 0 aromatic carbocycles. The van der Waals surface area contributed by atoms with Gasteiger partial charge in [0.05, 0.1) is 12.6 Å². The summed E-state index contributed by atoms with van der Waals surface area (Å²) in [5, 5.41) is 12.8. The monoisotopic (exact) mass is 245 g/mol. The van der Waals surface area contributed by atoms with E-state index in [2.05, 4.69) is 10.6 Å². The van der Waals surface area contributed by atoms with Crippen LogP contribution in [0.1, 0.15) is 26.2 Å². The Hall–Kier alpha value is -1.63. The van der Waals surface area contributed by atoms with Gasteiger partial charge in [0.2, 0.25) is 11.8 Å². The first-order chi connectivity index (χ1) is 7.97. The summed E-state index contributed by atoms with van der Waals surface area (Å²) in [7, 11) is 0. The predicted octanol–water partition coefficient (Wildman–Crippen LogP) is -1.18. The fourth-order valence-corrected chi connectivity index (χ4v) is 1.09. The number of aliphatic carboxylic acids is 1. The lowest BCUT2D eigenvalue weighted by Gasteiger charge is -2.11. The number of hydrogen-bond acceptors (Lipinski definition) is 4. The molecule has 0 saturated carbocycles. The van der Waals surface area contributed by atoms with Gasteiger partial charge >= 0.3 is 5.97 Å². The maximum atomic E-state index is 11.4. The molecule has 0 heterocycles. The van der Waals surface area contributed by atoms with Crippen molar-refractivity contribution in [3.63, 3.8) is 0 Å². The first-order valence-electron chi connectivity index (χ1n) is 5.49. The van der Waals surface area contributed by atoms with Crippen molar-refractivity contribution >= 4 is 17.8 Å². The summed E-state index contributed by atoms with van der Waals surface area (Å²) < 4.78 is 0. The van der Waals surface area contributed by atoms with E-state index >= 15 is 0 Å². The molecule has 0 saturated heterocycles. The van der Waals surface area contributed by atoms with Gasteiger partial charge in [-0.3, -0.25) is 14.4 Å². The SMILES string of the molecule is CCCCC(N)C(=O)NCC(=O)NCC(=O)O. The highest BCUT2D eigenvalue weighted by atomic mass is 16.4. The number of carbonyl (C=O) groups is 3. The molecule has 0 radical (unpaired) electrons. The van der Waals surface area contributed by atoms with Crippen LogP contribution < -0.4 is 16.4 Å². The van der Waals surface area contributed by atoms with E-state index in [-0.39, 0.29) is 6.54 Å². The molecular formula is C10H19N3O4. The molecule has 0 rings (SSSR count). The van der Waals surface area contributed by atoms with Gasteiger partial charge in [0.1, 0.15) is 6.54 Å². The highest BCUT2D eigenvalue weighted by Crippen LogP contribution is 1.97. The number of carboxylic acid groups (broad SMARTS) is 1. The van der Waals surface area contributed by atoms with Gasteiger partial charge in [-0.15, -0.1) is 0 Å². The second kappa shape index (κ2) is 8.51. The highest BCUT2D eigenvalue weighted by molar-refractivity contribution is 5.88. The second-order valence-corrected chi connectivity index (χ2v) is 3.64. The first-order valence-corrected chi connectivity index (χ1v) is 5.49. The zero-order valence-electron chi connectivity index (χ0n) is 9.86. The van der Waals surface area contributed by atoms with Gasteiger partial charge in [0.25, 0.3) is 0 Å². The molecule has 7 heteroatoms. The van der Waals surface area contributed by atoms with Crippen LogP contribution in [0.5, 0.6) is 0 Å². The van der Waals surface area contributed by atoms with Crippen LogP contribution in [0.25, 0.3) is 0 Å². The molecule has 0 aromatic heterocycles. The van der Waals surface area contributed by atoms with E-state index in [4.69, 9.17) is 10.8 Å². The standard InChI is InChI=1S/C10H19N3O4/c1-2-3-4-7(11)10(17)13-5-8(14)12-6-9(15)16/h7H,2-6,11H2,1H3,(H,12,14)(H,13,17)(H,15,16). The van der Waals surface area contributed by atoms with Crippen molar-refractivity contribution in [1.29, 1.82) is 0 Å². The minimum Gasteiger partial charge on any atom is -0.480 e. The number of amides is 2. The number of unbranched alkanes of at least 4 members (excludes halogenated alkanes) is 1. The molecule has 0 fully saturated rings. The molecule has 0 aliphatic heterocycles. The molecule has 17 heavy (non-hydrogen) atoms. The van der Waals surface area contributed by atoms with Gasteiger partial charge < -0.3 is 21.5 Å². The Bertz CT molecular complexity index is 281. The van der Waals surface area contributed by atoms with Crippen molar-refractivity contribution in [3.8, 4) is 0 Å². The molecule has 1 unspecified atom stereocenters. The Morgan fingerprint density at radius 3 is 2.41 bits per heavy atom. The predicted molar refractivity (Wildman–Crippen MR) is 61.2 cm³/mol. The van der Waals surface area contributed by atoms with Gasteiger partial charge in [0.15, 0.2) is 0 Å². The van der Waals surface area contributed by atoms with Crippen LogP contribution in [0.4, 0.5) is 0 Å². The molecule has 1 atom stereocenters. The fraction of sp³-hybridized carbons (Fsp3) is 0.700.